The lowest BCUT2D eigenvalue weighted by molar-refractivity contribution is -0.122. The number of hydrogen-bond donors (Lipinski definition) is 3. The maximum Gasteiger partial charge on any atom is 0.347 e. The Morgan fingerprint density at radius 3 is 2.03 bits per heavy atom. The third-order valence-corrected chi connectivity index (χ3v) is 6.03. The third-order valence-electron chi connectivity index (χ3n) is 5.66. The van der Waals surface area contributed by atoms with Gasteiger partial charge in [0, 0.05) is 12.6 Å². The average Bonchev–Trinajstić information content (AvgIpc) is 3.36. The van der Waals surface area contributed by atoms with Crippen LogP contribution < -0.4 is 16.3 Å². The van der Waals surface area contributed by atoms with Crippen molar-refractivity contribution in [3.8, 4) is 5.69 Å². The summed E-state index contributed by atoms with van der Waals surface area (Å²) in [5.74, 6) is -0.452. The molecule has 35 heavy (non-hydrogen) atoms. The van der Waals surface area contributed by atoms with Crippen molar-refractivity contribution < 1.29 is 9.59 Å². The van der Waals surface area contributed by atoms with Crippen molar-refractivity contribution in [2.24, 2.45) is 4.99 Å². The highest BCUT2D eigenvalue weighted by Gasteiger charge is 2.47. The number of nitrogens with one attached hydrogen (secondary N) is 3. The summed E-state index contributed by atoms with van der Waals surface area (Å²) in [7, 11) is 0. The van der Waals surface area contributed by atoms with Crippen molar-refractivity contribution in [2.75, 3.05) is 5.32 Å². The first-order valence-electron chi connectivity index (χ1n) is 10.7. The smallest absolute Gasteiger partial charge is 0.326 e. The van der Waals surface area contributed by atoms with Gasteiger partial charge in [-0.25, -0.2) is 19.5 Å². The van der Waals surface area contributed by atoms with Gasteiger partial charge in [0.2, 0.25) is 16.6 Å². The topological polar surface area (TPSA) is 113 Å². The Balaban J connectivity index is 1.62. The molecular formula is C25H20N6O3S. The van der Waals surface area contributed by atoms with Gasteiger partial charge in [-0.15, -0.1) is 0 Å². The highest BCUT2D eigenvalue weighted by molar-refractivity contribution is 7.71. The SMILES string of the molecule is CC(=O)Nc1ccc(-n2c(=O)[nH]n(C3=NC(c4ccccc4)(c4ccccc4)C(=O)N3)c2=S)cc1. The van der Waals surface area contributed by atoms with E-state index < -0.39 is 11.2 Å². The first-order valence-corrected chi connectivity index (χ1v) is 11.2. The van der Waals surface area contributed by atoms with Gasteiger partial charge in [-0.05, 0) is 47.6 Å². The number of hydrogen-bond acceptors (Lipinski definition) is 5. The molecule has 0 atom stereocenters. The second kappa shape index (κ2) is 8.65. The van der Waals surface area contributed by atoms with Crippen LogP contribution in [0.25, 0.3) is 5.69 Å². The van der Waals surface area contributed by atoms with Crippen molar-refractivity contribution in [1.82, 2.24) is 19.7 Å². The normalized spacial score (nSPS) is 14.3. The number of carbonyl (C=O) groups excluding carboxylic acids is 2. The molecule has 0 saturated heterocycles. The van der Waals surface area contributed by atoms with E-state index in [1.54, 1.807) is 24.3 Å². The Labute approximate surface area is 204 Å². The summed E-state index contributed by atoms with van der Waals surface area (Å²) in [4.78, 5) is 42.4. The molecule has 1 aliphatic heterocycles. The molecule has 10 heteroatoms. The van der Waals surface area contributed by atoms with Crippen LogP contribution in [0, 0.1) is 4.77 Å². The van der Waals surface area contributed by atoms with Gasteiger partial charge in [0.15, 0.2) is 5.54 Å². The molecule has 0 fully saturated rings. The van der Waals surface area contributed by atoms with E-state index in [9.17, 15) is 14.4 Å². The zero-order chi connectivity index (χ0) is 24.6. The summed E-state index contributed by atoms with van der Waals surface area (Å²) >= 11 is 5.57. The number of anilines is 1. The van der Waals surface area contributed by atoms with Gasteiger partial charge in [-0.3, -0.25) is 14.9 Å². The minimum Gasteiger partial charge on any atom is -0.326 e. The van der Waals surface area contributed by atoms with Gasteiger partial charge >= 0.3 is 5.69 Å². The zero-order valence-corrected chi connectivity index (χ0v) is 19.4. The van der Waals surface area contributed by atoms with Crippen molar-refractivity contribution in [3.63, 3.8) is 0 Å². The number of carbonyl (C=O) groups is 2. The summed E-state index contributed by atoms with van der Waals surface area (Å²) in [6.45, 7) is 1.41. The van der Waals surface area contributed by atoms with Crippen LogP contribution in [0.3, 0.4) is 0 Å². The van der Waals surface area contributed by atoms with E-state index in [2.05, 4.69) is 15.7 Å². The molecule has 2 heterocycles. The lowest BCUT2D eigenvalue weighted by Gasteiger charge is -2.24. The predicted molar refractivity (Wildman–Crippen MR) is 134 cm³/mol. The number of H-pyrrole nitrogens is 1. The Kier molecular flexibility index (Phi) is 5.50. The lowest BCUT2D eigenvalue weighted by Crippen LogP contribution is -2.39. The van der Waals surface area contributed by atoms with E-state index in [1.807, 2.05) is 60.7 Å². The number of amides is 2. The number of nitrogens with zero attached hydrogens (tertiary/aromatic N) is 3. The summed E-state index contributed by atoms with van der Waals surface area (Å²) in [6, 6.07) is 25.1. The molecule has 0 spiro atoms. The van der Waals surface area contributed by atoms with Crippen LogP contribution in [-0.4, -0.2) is 32.1 Å². The molecule has 0 saturated carbocycles. The van der Waals surface area contributed by atoms with E-state index in [4.69, 9.17) is 17.2 Å². The van der Waals surface area contributed by atoms with Crippen LogP contribution in [0.1, 0.15) is 18.1 Å². The summed E-state index contributed by atoms with van der Waals surface area (Å²) in [6.07, 6.45) is 0. The predicted octanol–water partition coefficient (Wildman–Crippen LogP) is 2.93. The van der Waals surface area contributed by atoms with Crippen LogP contribution in [0.15, 0.2) is 94.7 Å². The first-order chi connectivity index (χ1) is 16.9. The second-order valence-corrected chi connectivity index (χ2v) is 8.30. The maximum atomic E-state index is 13.5. The molecule has 4 aromatic rings. The van der Waals surface area contributed by atoms with Gasteiger partial charge in [0.25, 0.3) is 5.91 Å². The molecular weight excluding hydrogens is 464 g/mol. The molecule has 174 valence electrons. The summed E-state index contributed by atoms with van der Waals surface area (Å²) in [5, 5.41) is 8.14. The minimum atomic E-state index is -1.34. The zero-order valence-electron chi connectivity index (χ0n) is 18.6. The number of rotatable bonds is 4. The quantitative estimate of drug-likeness (QED) is 0.387. The Hall–Kier alpha value is -4.57. The fourth-order valence-corrected chi connectivity index (χ4v) is 4.42. The Morgan fingerprint density at radius 1 is 0.914 bits per heavy atom. The highest BCUT2D eigenvalue weighted by Crippen LogP contribution is 2.37. The van der Waals surface area contributed by atoms with Crippen LogP contribution in [-0.2, 0) is 15.1 Å². The second-order valence-electron chi connectivity index (χ2n) is 7.93. The molecule has 1 aromatic heterocycles. The molecule has 3 N–H and O–H groups in total. The molecule has 0 bridgehead atoms. The van der Waals surface area contributed by atoms with Gasteiger partial charge in [0.1, 0.15) is 0 Å². The van der Waals surface area contributed by atoms with Crippen molar-refractivity contribution in [2.45, 2.75) is 12.5 Å². The molecule has 2 amide bonds. The van der Waals surface area contributed by atoms with Gasteiger partial charge in [0.05, 0.1) is 5.69 Å². The van der Waals surface area contributed by atoms with Gasteiger partial charge in [-0.2, -0.15) is 4.68 Å². The van der Waals surface area contributed by atoms with E-state index in [-0.39, 0.29) is 22.5 Å². The number of benzene rings is 3. The average molecular weight is 485 g/mol. The summed E-state index contributed by atoms with van der Waals surface area (Å²) < 4.78 is 2.66. The lowest BCUT2D eigenvalue weighted by atomic mass is 9.83. The summed E-state index contributed by atoms with van der Waals surface area (Å²) in [5.41, 5.74) is 0.598. The monoisotopic (exact) mass is 484 g/mol. The van der Waals surface area contributed by atoms with E-state index in [0.29, 0.717) is 22.5 Å². The van der Waals surface area contributed by atoms with Crippen LogP contribution in [0.2, 0.25) is 0 Å². The molecule has 3 aromatic carbocycles. The van der Waals surface area contributed by atoms with Gasteiger partial charge < -0.3 is 5.32 Å². The fraction of sp³-hybridized carbons (Fsp3) is 0.0800. The maximum absolute atomic E-state index is 13.5. The van der Waals surface area contributed by atoms with E-state index in [1.165, 1.54) is 16.2 Å². The minimum absolute atomic E-state index is 0.0956. The van der Waals surface area contributed by atoms with Crippen molar-refractivity contribution in [1.29, 1.82) is 0 Å². The van der Waals surface area contributed by atoms with Crippen molar-refractivity contribution >= 4 is 35.7 Å². The third kappa shape index (κ3) is 3.79. The van der Waals surface area contributed by atoms with E-state index >= 15 is 0 Å². The molecule has 0 unspecified atom stereocenters. The molecule has 1 aliphatic rings. The first kappa shape index (κ1) is 22.2. The standard InChI is InChI=1S/C25H20N6O3S/c1-16(32)26-19-12-14-20(15-13-19)30-23(34)29-31(24(30)35)22-27-21(33)25(28-22,17-8-4-2-5-9-17)18-10-6-3-7-11-18/h2-15H,1H3,(H,26,32)(H,29,34)(H,27,28,33). The number of aromatic amines is 1. The van der Waals surface area contributed by atoms with Crippen LogP contribution in [0.5, 0.6) is 0 Å². The van der Waals surface area contributed by atoms with Crippen LogP contribution in [0.4, 0.5) is 5.69 Å². The van der Waals surface area contributed by atoms with Crippen molar-refractivity contribution in [3.05, 3.63) is 111 Å². The molecule has 0 radical (unpaired) electrons. The fourth-order valence-electron chi connectivity index (χ4n) is 4.10. The molecule has 9 nitrogen and oxygen atoms in total. The Bertz CT molecular complexity index is 1530. The molecule has 5 rings (SSSR count). The highest BCUT2D eigenvalue weighted by atomic mass is 32.1. The van der Waals surface area contributed by atoms with E-state index in [0.717, 1.165) is 0 Å². The number of aliphatic imine (C=N–C) groups is 1. The largest absolute Gasteiger partial charge is 0.347 e. The molecule has 0 aliphatic carbocycles. The number of aromatic nitrogens is 3. The van der Waals surface area contributed by atoms with Gasteiger partial charge in [-0.1, -0.05) is 60.7 Å². The van der Waals surface area contributed by atoms with Crippen LogP contribution >= 0.6 is 12.2 Å². The Morgan fingerprint density at radius 2 is 1.49 bits per heavy atom.